The summed E-state index contributed by atoms with van der Waals surface area (Å²) in [6.07, 6.45) is 0. The first-order valence-electron chi connectivity index (χ1n) is 7.49. The van der Waals surface area contributed by atoms with Gasteiger partial charge in [0, 0.05) is 25.2 Å². The van der Waals surface area contributed by atoms with Crippen molar-refractivity contribution in [3.8, 4) is 0 Å². The van der Waals surface area contributed by atoms with Gasteiger partial charge in [-0.1, -0.05) is 30.3 Å². The smallest absolute Gasteiger partial charge is 0.134 e. The van der Waals surface area contributed by atoms with E-state index in [2.05, 4.69) is 65.2 Å². The Morgan fingerprint density at radius 2 is 1.86 bits per heavy atom. The molecule has 0 unspecified atom stereocenters. The average Bonchev–Trinajstić information content (AvgIpc) is 2.44. The molecule has 0 atom stereocenters. The number of hydrogen-bond donors (Lipinski definition) is 1. The highest BCUT2D eigenvalue weighted by atomic mass is 15.2. The van der Waals surface area contributed by atoms with Gasteiger partial charge < -0.3 is 10.2 Å². The van der Waals surface area contributed by atoms with E-state index in [1.54, 1.807) is 0 Å². The molecule has 0 bridgehead atoms. The molecule has 0 fully saturated rings. The van der Waals surface area contributed by atoms with Crippen LogP contribution in [0.3, 0.4) is 0 Å². The molecule has 0 radical (unpaired) electrons. The van der Waals surface area contributed by atoms with Gasteiger partial charge in [0.2, 0.25) is 0 Å². The van der Waals surface area contributed by atoms with E-state index in [-0.39, 0.29) is 0 Å². The van der Waals surface area contributed by atoms with Crippen molar-refractivity contribution < 1.29 is 0 Å². The Morgan fingerprint density at radius 3 is 2.48 bits per heavy atom. The Hall–Kier alpha value is -2.10. The minimum absolute atomic E-state index is 0.358. The third-order valence-electron chi connectivity index (χ3n) is 3.18. The van der Waals surface area contributed by atoms with Gasteiger partial charge >= 0.3 is 0 Å². The zero-order chi connectivity index (χ0) is 15.2. The van der Waals surface area contributed by atoms with Crippen molar-refractivity contribution in [1.29, 1.82) is 0 Å². The first-order chi connectivity index (χ1) is 10.1. The van der Waals surface area contributed by atoms with Crippen LogP contribution in [0.5, 0.6) is 0 Å². The molecule has 112 valence electrons. The van der Waals surface area contributed by atoms with Crippen LogP contribution in [-0.2, 0) is 6.54 Å². The Kier molecular flexibility index (Phi) is 5.14. The van der Waals surface area contributed by atoms with E-state index >= 15 is 0 Å². The number of aryl methyl sites for hydroxylation is 1. The summed E-state index contributed by atoms with van der Waals surface area (Å²) in [5.74, 6) is 2.65. The van der Waals surface area contributed by atoms with Gasteiger partial charge in [-0.25, -0.2) is 9.97 Å². The van der Waals surface area contributed by atoms with E-state index in [1.807, 2.05) is 19.1 Å². The van der Waals surface area contributed by atoms with E-state index in [9.17, 15) is 0 Å². The molecule has 0 spiro atoms. The van der Waals surface area contributed by atoms with Gasteiger partial charge in [-0.15, -0.1) is 0 Å². The lowest BCUT2D eigenvalue weighted by Crippen LogP contribution is -2.24. The fraction of sp³-hybridized carbons (Fsp3) is 0.412. The van der Waals surface area contributed by atoms with Crippen molar-refractivity contribution >= 4 is 11.6 Å². The summed E-state index contributed by atoms with van der Waals surface area (Å²) in [6, 6.07) is 12.9. The first-order valence-corrected chi connectivity index (χ1v) is 7.49. The van der Waals surface area contributed by atoms with Crippen LogP contribution in [0, 0.1) is 6.92 Å². The Balaban J connectivity index is 2.23. The summed E-state index contributed by atoms with van der Waals surface area (Å²) in [5, 5.41) is 3.35. The lowest BCUT2D eigenvalue weighted by molar-refractivity contribution is 0.801. The molecule has 0 aliphatic heterocycles. The zero-order valence-corrected chi connectivity index (χ0v) is 13.3. The Bertz CT molecular complexity index is 566. The largest absolute Gasteiger partial charge is 0.368 e. The summed E-state index contributed by atoms with van der Waals surface area (Å²) in [7, 11) is 0. The van der Waals surface area contributed by atoms with Crippen molar-refractivity contribution in [2.45, 2.75) is 40.3 Å². The number of aromatic nitrogens is 2. The molecule has 21 heavy (non-hydrogen) atoms. The molecule has 0 saturated carbocycles. The fourth-order valence-electron chi connectivity index (χ4n) is 2.24. The second kappa shape index (κ2) is 7.07. The predicted molar refractivity (Wildman–Crippen MR) is 88.7 cm³/mol. The molecular weight excluding hydrogens is 260 g/mol. The number of rotatable bonds is 6. The number of nitrogens with zero attached hydrogens (tertiary/aromatic N) is 3. The van der Waals surface area contributed by atoms with Gasteiger partial charge in [-0.3, -0.25) is 0 Å². The number of hydrogen-bond acceptors (Lipinski definition) is 4. The number of benzene rings is 1. The second-order valence-electron chi connectivity index (χ2n) is 5.46. The van der Waals surface area contributed by atoms with E-state index in [4.69, 9.17) is 0 Å². The van der Waals surface area contributed by atoms with Gasteiger partial charge in [0.25, 0.3) is 0 Å². The van der Waals surface area contributed by atoms with E-state index < -0.39 is 0 Å². The topological polar surface area (TPSA) is 41.0 Å². The van der Waals surface area contributed by atoms with Crippen LogP contribution in [0.2, 0.25) is 0 Å². The first kappa shape index (κ1) is 15.3. The molecule has 1 aromatic heterocycles. The Morgan fingerprint density at radius 1 is 1.14 bits per heavy atom. The summed E-state index contributed by atoms with van der Waals surface area (Å²) in [6.45, 7) is 10.1. The number of anilines is 2. The number of nitrogens with one attached hydrogen (secondary N) is 1. The lowest BCUT2D eigenvalue weighted by Gasteiger charge is -2.23. The SMILES string of the molecule is CCN(Cc1ccccc1)c1cc(NC(C)C)nc(C)n1. The molecule has 0 aliphatic carbocycles. The summed E-state index contributed by atoms with van der Waals surface area (Å²) in [4.78, 5) is 11.3. The quantitative estimate of drug-likeness (QED) is 0.879. The lowest BCUT2D eigenvalue weighted by atomic mass is 10.2. The summed E-state index contributed by atoms with van der Waals surface area (Å²) in [5.41, 5.74) is 1.29. The molecule has 0 amide bonds. The van der Waals surface area contributed by atoms with Gasteiger partial charge in [-0.2, -0.15) is 0 Å². The molecule has 2 aromatic rings. The highest BCUT2D eigenvalue weighted by Crippen LogP contribution is 2.18. The molecule has 4 heteroatoms. The molecule has 2 rings (SSSR count). The maximum Gasteiger partial charge on any atom is 0.134 e. The third kappa shape index (κ3) is 4.45. The minimum atomic E-state index is 0.358. The third-order valence-corrected chi connectivity index (χ3v) is 3.18. The average molecular weight is 284 g/mol. The minimum Gasteiger partial charge on any atom is -0.368 e. The van der Waals surface area contributed by atoms with Crippen LogP contribution in [0.25, 0.3) is 0 Å². The molecule has 1 N–H and O–H groups in total. The second-order valence-corrected chi connectivity index (χ2v) is 5.46. The molecular formula is C17H24N4. The highest BCUT2D eigenvalue weighted by molar-refractivity contribution is 5.50. The molecule has 0 saturated heterocycles. The molecule has 0 aliphatic rings. The van der Waals surface area contributed by atoms with Crippen LogP contribution in [0.1, 0.15) is 32.2 Å². The van der Waals surface area contributed by atoms with E-state index in [0.717, 1.165) is 30.5 Å². The van der Waals surface area contributed by atoms with Gasteiger partial charge in [0.15, 0.2) is 0 Å². The fourth-order valence-corrected chi connectivity index (χ4v) is 2.24. The van der Waals surface area contributed by atoms with Crippen molar-refractivity contribution in [2.24, 2.45) is 0 Å². The van der Waals surface area contributed by atoms with Crippen molar-refractivity contribution in [3.05, 3.63) is 47.8 Å². The van der Waals surface area contributed by atoms with Crippen LogP contribution in [0.15, 0.2) is 36.4 Å². The van der Waals surface area contributed by atoms with Crippen LogP contribution >= 0.6 is 0 Å². The highest BCUT2D eigenvalue weighted by Gasteiger charge is 2.10. The predicted octanol–water partition coefficient (Wildman–Crippen LogP) is 3.63. The van der Waals surface area contributed by atoms with Crippen molar-refractivity contribution in [3.63, 3.8) is 0 Å². The van der Waals surface area contributed by atoms with Gasteiger partial charge in [-0.05, 0) is 33.3 Å². The maximum absolute atomic E-state index is 4.58. The standard InChI is InChI=1S/C17H24N4/c1-5-21(12-15-9-7-6-8-10-15)17-11-16(18-13(2)3)19-14(4)20-17/h6-11,13H,5,12H2,1-4H3,(H,18,19,20). The van der Waals surface area contributed by atoms with Crippen LogP contribution in [0.4, 0.5) is 11.6 Å². The monoisotopic (exact) mass is 284 g/mol. The van der Waals surface area contributed by atoms with Crippen LogP contribution < -0.4 is 10.2 Å². The maximum atomic E-state index is 4.58. The summed E-state index contributed by atoms with van der Waals surface area (Å²) >= 11 is 0. The van der Waals surface area contributed by atoms with E-state index in [0.29, 0.717) is 6.04 Å². The van der Waals surface area contributed by atoms with Gasteiger partial charge in [0.1, 0.15) is 17.5 Å². The molecule has 1 aromatic carbocycles. The van der Waals surface area contributed by atoms with E-state index in [1.165, 1.54) is 5.56 Å². The zero-order valence-electron chi connectivity index (χ0n) is 13.3. The summed E-state index contributed by atoms with van der Waals surface area (Å²) < 4.78 is 0. The van der Waals surface area contributed by atoms with Gasteiger partial charge in [0.05, 0.1) is 0 Å². The normalized spacial score (nSPS) is 10.7. The van der Waals surface area contributed by atoms with Crippen molar-refractivity contribution in [2.75, 3.05) is 16.8 Å². The van der Waals surface area contributed by atoms with Crippen molar-refractivity contribution in [1.82, 2.24) is 9.97 Å². The molecule has 4 nitrogen and oxygen atoms in total. The van der Waals surface area contributed by atoms with Crippen LogP contribution in [-0.4, -0.2) is 22.6 Å². The Labute approximate surface area is 127 Å². The molecule has 1 heterocycles.